The fraction of sp³-hybridized carbons (Fsp3) is 0.364. The van der Waals surface area contributed by atoms with Crippen LogP contribution in [0.25, 0.3) is 0 Å². The van der Waals surface area contributed by atoms with Crippen LogP contribution in [-0.4, -0.2) is 38.6 Å². The van der Waals surface area contributed by atoms with E-state index in [1.165, 1.54) is 0 Å². The van der Waals surface area contributed by atoms with Gasteiger partial charge in [0.15, 0.2) is 0 Å². The topological polar surface area (TPSA) is 58.6 Å². The summed E-state index contributed by atoms with van der Waals surface area (Å²) in [6, 6.07) is 13.3. The van der Waals surface area contributed by atoms with Gasteiger partial charge in [-0.2, -0.15) is 0 Å². The SMILES string of the molecule is COCCCNC(=O)c1ccc2c(c1)CCCN2C(=O)c1cccc(C)c1. The maximum atomic E-state index is 13.0. The molecule has 2 amide bonds. The Morgan fingerprint density at radius 1 is 1.15 bits per heavy atom. The van der Waals surface area contributed by atoms with E-state index < -0.39 is 0 Å². The summed E-state index contributed by atoms with van der Waals surface area (Å²) in [4.78, 5) is 27.1. The molecule has 5 heteroatoms. The second kappa shape index (κ2) is 8.82. The maximum Gasteiger partial charge on any atom is 0.258 e. The molecule has 2 aromatic rings. The van der Waals surface area contributed by atoms with Gasteiger partial charge in [0.05, 0.1) is 0 Å². The number of anilines is 1. The molecule has 0 aromatic heterocycles. The van der Waals surface area contributed by atoms with Crippen LogP contribution in [0.3, 0.4) is 0 Å². The average Bonchev–Trinajstić information content (AvgIpc) is 2.69. The number of rotatable bonds is 6. The number of fused-ring (bicyclic) bond motifs is 1. The first-order chi connectivity index (χ1) is 13.1. The highest BCUT2D eigenvalue weighted by Crippen LogP contribution is 2.29. The molecule has 0 saturated heterocycles. The molecule has 0 saturated carbocycles. The Morgan fingerprint density at radius 2 is 2.00 bits per heavy atom. The molecule has 142 valence electrons. The number of amides is 2. The first-order valence-electron chi connectivity index (χ1n) is 9.39. The minimum absolute atomic E-state index is 0.0106. The first-order valence-corrected chi connectivity index (χ1v) is 9.39. The monoisotopic (exact) mass is 366 g/mol. The van der Waals surface area contributed by atoms with Crippen LogP contribution >= 0.6 is 0 Å². The summed E-state index contributed by atoms with van der Waals surface area (Å²) in [5.74, 6) is -0.0764. The molecule has 5 nitrogen and oxygen atoms in total. The van der Waals surface area contributed by atoms with Crippen LogP contribution in [0.1, 0.15) is 44.7 Å². The molecule has 0 aliphatic carbocycles. The van der Waals surface area contributed by atoms with Crippen molar-refractivity contribution in [3.05, 3.63) is 64.7 Å². The molecule has 1 aliphatic rings. The Morgan fingerprint density at radius 3 is 2.78 bits per heavy atom. The average molecular weight is 366 g/mol. The van der Waals surface area contributed by atoms with Gasteiger partial charge in [-0.05, 0) is 62.1 Å². The lowest BCUT2D eigenvalue weighted by Gasteiger charge is -2.30. The van der Waals surface area contributed by atoms with E-state index in [1.54, 1.807) is 13.2 Å². The van der Waals surface area contributed by atoms with Gasteiger partial charge >= 0.3 is 0 Å². The van der Waals surface area contributed by atoms with Crippen LogP contribution in [0.4, 0.5) is 5.69 Å². The van der Waals surface area contributed by atoms with Crippen molar-refractivity contribution >= 4 is 17.5 Å². The molecule has 3 rings (SSSR count). The Balaban J connectivity index is 1.76. The predicted octanol–water partition coefficient (Wildman–Crippen LogP) is 3.35. The van der Waals surface area contributed by atoms with Gasteiger partial charge < -0.3 is 15.0 Å². The van der Waals surface area contributed by atoms with Gasteiger partial charge in [0.1, 0.15) is 0 Å². The number of nitrogens with zero attached hydrogens (tertiary/aromatic N) is 1. The highest BCUT2D eigenvalue weighted by atomic mass is 16.5. The van der Waals surface area contributed by atoms with Crippen molar-refractivity contribution < 1.29 is 14.3 Å². The smallest absolute Gasteiger partial charge is 0.258 e. The number of aryl methyl sites for hydroxylation is 2. The van der Waals surface area contributed by atoms with Crippen molar-refractivity contribution in [2.75, 3.05) is 31.7 Å². The van der Waals surface area contributed by atoms with E-state index in [-0.39, 0.29) is 11.8 Å². The van der Waals surface area contributed by atoms with Crippen LogP contribution in [0, 0.1) is 6.92 Å². The van der Waals surface area contributed by atoms with Gasteiger partial charge in [-0.3, -0.25) is 9.59 Å². The molecule has 0 atom stereocenters. The highest BCUT2D eigenvalue weighted by Gasteiger charge is 2.24. The summed E-state index contributed by atoms with van der Waals surface area (Å²) in [6.07, 6.45) is 2.55. The van der Waals surface area contributed by atoms with E-state index in [2.05, 4.69) is 5.32 Å². The zero-order chi connectivity index (χ0) is 19.2. The van der Waals surface area contributed by atoms with Gasteiger partial charge in [-0.15, -0.1) is 0 Å². The van der Waals surface area contributed by atoms with Crippen LogP contribution in [0.15, 0.2) is 42.5 Å². The number of hydrogen-bond donors (Lipinski definition) is 1. The van der Waals surface area contributed by atoms with Crippen molar-refractivity contribution in [2.24, 2.45) is 0 Å². The highest BCUT2D eigenvalue weighted by molar-refractivity contribution is 6.07. The van der Waals surface area contributed by atoms with Crippen molar-refractivity contribution in [3.8, 4) is 0 Å². The molecule has 27 heavy (non-hydrogen) atoms. The van der Waals surface area contributed by atoms with E-state index in [0.29, 0.717) is 30.8 Å². The predicted molar refractivity (Wildman–Crippen MR) is 106 cm³/mol. The van der Waals surface area contributed by atoms with Gasteiger partial charge in [0.2, 0.25) is 0 Å². The molecule has 0 spiro atoms. The van der Waals surface area contributed by atoms with E-state index >= 15 is 0 Å². The van der Waals surface area contributed by atoms with Crippen LogP contribution < -0.4 is 10.2 Å². The molecule has 1 aliphatic heterocycles. The number of nitrogens with one attached hydrogen (secondary N) is 1. The molecule has 1 heterocycles. The third-order valence-corrected chi connectivity index (χ3v) is 4.78. The lowest BCUT2D eigenvalue weighted by atomic mass is 9.98. The summed E-state index contributed by atoms with van der Waals surface area (Å²) in [6.45, 7) is 3.89. The standard InChI is InChI=1S/C22H26N2O3/c1-16-6-3-7-19(14-16)22(26)24-12-4-8-17-15-18(9-10-20(17)24)21(25)23-11-5-13-27-2/h3,6-7,9-10,14-15H,4-5,8,11-13H2,1-2H3,(H,23,25). The van der Waals surface area contributed by atoms with Crippen molar-refractivity contribution in [1.29, 1.82) is 0 Å². The molecule has 1 N–H and O–H groups in total. The zero-order valence-corrected chi connectivity index (χ0v) is 16.0. The van der Waals surface area contributed by atoms with E-state index in [0.717, 1.165) is 36.1 Å². The Kier molecular flexibility index (Phi) is 6.24. The Bertz CT molecular complexity index is 832. The number of hydrogen-bond acceptors (Lipinski definition) is 3. The number of methoxy groups -OCH3 is 1. The largest absolute Gasteiger partial charge is 0.385 e. The summed E-state index contributed by atoms with van der Waals surface area (Å²) in [5, 5.41) is 2.91. The van der Waals surface area contributed by atoms with Crippen molar-refractivity contribution in [1.82, 2.24) is 5.32 Å². The van der Waals surface area contributed by atoms with Crippen LogP contribution in [0.2, 0.25) is 0 Å². The Labute approximate surface area is 160 Å². The van der Waals surface area contributed by atoms with Crippen molar-refractivity contribution in [3.63, 3.8) is 0 Å². The van der Waals surface area contributed by atoms with Gasteiger partial charge in [-0.25, -0.2) is 0 Å². The molecule has 0 fully saturated rings. The third-order valence-electron chi connectivity index (χ3n) is 4.78. The quantitative estimate of drug-likeness (QED) is 0.798. The zero-order valence-electron chi connectivity index (χ0n) is 16.0. The normalized spacial score (nSPS) is 13.2. The van der Waals surface area contributed by atoms with E-state index in [4.69, 9.17) is 4.74 Å². The fourth-order valence-electron chi connectivity index (χ4n) is 3.40. The fourth-order valence-corrected chi connectivity index (χ4v) is 3.40. The third kappa shape index (κ3) is 4.55. The number of carbonyl (C=O) groups is 2. The minimum atomic E-state index is -0.0870. The summed E-state index contributed by atoms with van der Waals surface area (Å²) in [5.41, 5.74) is 4.35. The number of carbonyl (C=O) groups excluding carboxylic acids is 2. The molecule has 0 radical (unpaired) electrons. The van der Waals surface area contributed by atoms with E-state index in [1.807, 2.05) is 48.2 Å². The number of benzene rings is 2. The Hall–Kier alpha value is -2.66. The van der Waals surface area contributed by atoms with Crippen LogP contribution in [-0.2, 0) is 11.2 Å². The van der Waals surface area contributed by atoms with Crippen LogP contribution in [0.5, 0.6) is 0 Å². The van der Waals surface area contributed by atoms with Gasteiger partial charge in [0, 0.05) is 43.6 Å². The summed E-state index contributed by atoms with van der Waals surface area (Å²) in [7, 11) is 1.65. The summed E-state index contributed by atoms with van der Waals surface area (Å²) < 4.78 is 4.99. The second-order valence-electron chi connectivity index (χ2n) is 6.88. The molecular weight excluding hydrogens is 340 g/mol. The van der Waals surface area contributed by atoms with Crippen molar-refractivity contribution in [2.45, 2.75) is 26.2 Å². The minimum Gasteiger partial charge on any atom is -0.385 e. The van der Waals surface area contributed by atoms with Gasteiger partial charge in [-0.1, -0.05) is 17.7 Å². The first kappa shape index (κ1) is 19.1. The number of ether oxygens (including phenoxy) is 1. The lowest BCUT2D eigenvalue weighted by Crippen LogP contribution is -2.35. The molecule has 0 bridgehead atoms. The van der Waals surface area contributed by atoms with Gasteiger partial charge in [0.25, 0.3) is 11.8 Å². The second-order valence-corrected chi connectivity index (χ2v) is 6.88. The molecular formula is C22H26N2O3. The lowest BCUT2D eigenvalue weighted by molar-refractivity contribution is 0.0947. The maximum absolute atomic E-state index is 13.0. The molecule has 0 unspecified atom stereocenters. The molecule has 2 aromatic carbocycles. The van der Waals surface area contributed by atoms with E-state index in [9.17, 15) is 9.59 Å². The summed E-state index contributed by atoms with van der Waals surface area (Å²) >= 11 is 0.